The summed E-state index contributed by atoms with van der Waals surface area (Å²) < 4.78 is 15.7. The number of nitrogens with one attached hydrogen (secondary N) is 1. The lowest BCUT2D eigenvalue weighted by molar-refractivity contribution is -0.0814. The number of methoxy groups -OCH3 is 1. The molecule has 1 saturated heterocycles. The van der Waals surface area contributed by atoms with E-state index in [1.54, 1.807) is 13.2 Å². The third-order valence-electron chi connectivity index (χ3n) is 2.28. The Labute approximate surface area is 100 Å². The van der Waals surface area contributed by atoms with Crippen molar-refractivity contribution >= 4 is 5.82 Å². The zero-order valence-electron chi connectivity index (χ0n) is 10.1. The fourth-order valence-corrected chi connectivity index (χ4v) is 1.45. The van der Waals surface area contributed by atoms with Gasteiger partial charge in [0.25, 0.3) is 0 Å². The fraction of sp³-hybridized carbons (Fsp3) is 0.636. The van der Waals surface area contributed by atoms with E-state index in [1.165, 1.54) is 0 Å². The molecule has 0 spiro atoms. The molecule has 1 N–H and O–H groups in total. The first-order valence-electron chi connectivity index (χ1n) is 5.67. The van der Waals surface area contributed by atoms with E-state index in [-0.39, 0.29) is 6.10 Å². The van der Waals surface area contributed by atoms with Gasteiger partial charge >= 0.3 is 0 Å². The van der Waals surface area contributed by atoms with Crippen LogP contribution in [0.4, 0.5) is 5.82 Å². The maximum absolute atomic E-state index is 5.65. The van der Waals surface area contributed by atoms with Crippen molar-refractivity contribution in [3.05, 3.63) is 11.9 Å². The normalized spacial score (nSPS) is 15.4. The lowest BCUT2D eigenvalue weighted by Gasteiger charge is -2.26. The molecule has 1 aliphatic rings. The highest BCUT2D eigenvalue weighted by Gasteiger charge is 2.21. The quantitative estimate of drug-likeness (QED) is 0.793. The highest BCUT2D eigenvalue weighted by Crippen LogP contribution is 2.17. The maximum atomic E-state index is 5.65. The average molecular weight is 239 g/mol. The summed E-state index contributed by atoms with van der Waals surface area (Å²) in [6.07, 6.45) is 0.106. The largest absolute Gasteiger partial charge is 0.469 e. The van der Waals surface area contributed by atoms with Gasteiger partial charge in [0.15, 0.2) is 5.82 Å². The minimum absolute atomic E-state index is 0.106. The number of hydrogen-bond donors (Lipinski definition) is 1. The second kappa shape index (κ2) is 5.79. The third kappa shape index (κ3) is 3.28. The summed E-state index contributed by atoms with van der Waals surface area (Å²) in [6.45, 7) is 4.44. The van der Waals surface area contributed by atoms with Crippen molar-refractivity contribution in [3.63, 3.8) is 0 Å². The Morgan fingerprint density at radius 1 is 1.47 bits per heavy atom. The van der Waals surface area contributed by atoms with Crippen LogP contribution in [0.2, 0.25) is 0 Å². The summed E-state index contributed by atoms with van der Waals surface area (Å²) in [7, 11) is 1.61. The lowest BCUT2D eigenvalue weighted by atomic mass is 10.3. The van der Waals surface area contributed by atoms with Crippen LogP contribution >= 0.6 is 0 Å². The van der Waals surface area contributed by atoms with Crippen LogP contribution in [0.3, 0.4) is 0 Å². The van der Waals surface area contributed by atoms with Crippen molar-refractivity contribution < 1.29 is 14.2 Å². The molecule has 0 aliphatic carbocycles. The van der Waals surface area contributed by atoms with Crippen molar-refractivity contribution in [2.75, 3.05) is 32.2 Å². The molecule has 6 nitrogen and oxygen atoms in total. The fourth-order valence-electron chi connectivity index (χ4n) is 1.45. The molecule has 0 radical (unpaired) electrons. The van der Waals surface area contributed by atoms with Crippen molar-refractivity contribution in [1.29, 1.82) is 0 Å². The molecule has 0 bridgehead atoms. The summed E-state index contributed by atoms with van der Waals surface area (Å²) in [6, 6.07) is 1.79. The van der Waals surface area contributed by atoms with Gasteiger partial charge in [-0.05, 0) is 6.92 Å². The van der Waals surface area contributed by atoms with E-state index < -0.39 is 0 Å². The first kappa shape index (κ1) is 12.1. The predicted molar refractivity (Wildman–Crippen MR) is 62.1 cm³/mol. The Morgan fingerprint density at radius 3 is 2.88 bits per heavy atom. The molecule has 6 heteroatoms. The standard InChI is InChI=1S/C11H17N3O3/c1-3-12-9-4-11(17-8-5-16-6-8)14-10(13-9)7-15-2/h4,8H,3,5-7H2,1-2H3,(H,12,13,14). The van der Waals surface area contributed by atoms with Gasteiger partial charge in [-0.1, -0.05) is 0 Å². The Morgan fingerprint density at radius 2 is 2.29 bits per heavy atom. The van der Waals surface area contributed by atoms with Gasteiger partial charge in [0.05, 0.1) is 13.2 Å². The molecule has 0 amide bonds. The van der Waals surface area contributed by atoms with E-state index in [1.807, 2.05) is 6.92 Å². The molecular weight excluding hydrogens is 222 g/mol. The van der Waals surface area contributed by atoms with Crippen LogP contribution < -0.4 is 10.1 Å². The summed E-state index contributed by atoms with van der Waals surface area (Å²) in [5.74, 6) is 1.93. The first-order valence-corrected chi connectivity index (χ1v) is 5.67. The minimum atomic E-state index is 0.106. The third-order valence-corrected chi connectivity index (χ3v) is 2.28. The van der Waals surface area contributed by atoms with Crippen LogP contribution in [0.1, 0.15) is 12.7 Å². The number of nitrogens with zero attached hydrogens (tertiary/aromatic N) is 2. The Hall–Kier alpha value is -1.40. The van der Waals surface area contributed by atoms with E-state index in [2.05, 4.69) is 15.3 Å². The zero-order chi connectivity index (χ0) is 12.1. The maximum Gasteiger partial charge on any atom is 0.219 e. The predicted octanol–water partition coefficient (Wildman–Crippen LogP) is 0.832. The lowest BCUT2D eigenvalue weighted by Crippen LogP contribution is -2.38. The molecular formula is C11H17N3O3. The van der Waals surface area contributed by atoms with Crippen molar-refractivity contribution in [3.8, 4) is 5.88 Å². The van der Waals surface area contributed by atoms with Crippen LogP contribution in [0.5, 0.6) is 5.88 Å². The molecule has 1 fully saturated rings. The second-order valence-corrected chi connectivity index (χ2v) is 3.75. The summed E-state index contributed by atoms with van der Waals surface area (Å²) in [5, 5.41) is 3.14. The van der Waals surface area contributed by atoms with Crippen molar-refractivity contribution in [2.45, 2.75) is 19.6 Å². The molecule has 0 atom stereocenters. The zero-order valence-corrected chi connectivity index (χ0v) is 10.1. The van der Waals surface area contributed by atoms with Gasteiger partial charge in [0.2, 0.25) is 5.88 Å². The van der Waals surface area contributed by atoms with Gasteiger partial charge < -0.3 is 19.5 Å². The highest BCUT2D eigenvalue weighted by molar-refractivity contribution is 5.38. The SMILES string of the molecule is CCNc1cc(OC2COC2)nc(COC)n1. The Bertz CT molecular complexity index is 345. The molecule has 1 aromatic rings. The Balaban J connectivity index is 2.10. The summed E-state index contributed by atoms with van der Waals surface area (Å²) in [5.41, 5.74) is 0. The number of rotatable bonds is 6. The summed E-state index contributed by atoms with van der Waals surface area (Å²) in [4.78, 5) is 8.58. The molecule has 1 aliphatic heterocycles. The molecule has 2 heterocycles. The monoisotopic (exact) mass is 239 g/mol. The van der Waals surface area contributed by atoms with Crippen molar-refractivity contribution in [1.82, 2.24) is 9.97 Å². The molecule has 0 unspecified atom stereocenters. The Kier molecular flexibility index (Phi) is 4.11. The molecule has 94 valence electrons. The van der Waals surface area contributed by atoms with Gasteiger partial charge in [-0.15, -0.1) is 0 Å². The van der Waals surface area contributed by atoms with Crippen LogP contribution in [-0.2, 0) is 16.1 Å². The van der Waals surface area contributed by atoms with Gasteiger partial charge in [-0.25, -0.2) is 4.98 Å². The van der Waals surface area contributed by atoms with E-state index in [9.17, 15) is 0 Å². The van der Waals surface area contributed by atoms with E-state index >= 15 is 0 Å². The van der Waals surface area contributed by atoms with Gasteiger partial charge in [0, 0.05) is 19.7 Å². The van der Waals surface area contributed by atoms with Gasteiger partial charge in [-0.2, -0.15) is 4.98 Å². The molecule has 1 aromatic heterocycles. The van der Waals surface area contributed by atoms with Gasteiger partial charge in [-0.3, -0.25) is 0 Å². The number of hydrogen-bond acceptors (Lipinski definition) is 6. The molecule has 17 heavy (non-hydrogen) atoms. The highest BCUT2D eigenvalue weighted by atomic mass is 16.6. The smallest absolute Gasteiger partial charge is 0.219 e. The number of aromatic nitrogens is 2. The minimum Gasteiger partial charge on any atom is -0.469 e. The molecule has 2 rings (SSSR count). The van der Waals surface area contributed by atoms with Crippen LogP contribution in [-0.4, -0.2) is 42.9 Å². The van der Waals surface area contributed by atoms with Crippen LogP contribution in [0, 0.1) is 0 Å². The molecule has 0 aromatic carbocycles. The van der Waals surface area contributed by atoms with E-state index in [0.717, 1.165) is 12.4 Å². The van der Waals surface area contributed by atoms with Crippen LogP contribution in [0.25, 0.3) is 0 Å². The van der Waals surface area contributed by atoms with E-state index in [0.29, 0.717) is 31.5 Å². The topological polar surface area (TPSA) is 65.5 Å². The van der Waals surface area contributed by atoms with Crippen molar-refractivity contribution in [2.24, 2.45) is 0 Å². The number of ether oxygens (including phenoxy) is 3. The average Bonchev–Trinajstić information content (AvgIpc) is 2.24. The second-order valence-electron chi connectivity index (χ2n) is 3.75. The first-order chi connectivity index (χ1) is 8.31. The molecule has 0 saturated carbocycles. The van der Waals surface area contributed by atoms with Gasteiger partial charge in [0.1, 0.15) is 18.5 Å². The van der Waals surface area contributed by atoms with Crippen LogP contribution in [0.15, 0.2) is 6.07 Å². The summed E-state index contributed by atoms with van der Waals surface area (Å²) >= 11 is 0. The van der Waals surface area contributed by atoms with E-state index in [4.69, 9.17) is 14.2 Å². The number of anilines is 1.